The van der Waals surface area contributed by atoms with Crippen LogP contribution in [-0.4, -0.2) is 15.5 Å². The van der Waals surface area contributed by atoms with Crippen LogP contribution in [0.3, 0.4) is 0 Å². The maximum absolute atomic E-state index is 12.1. The number of carbonyl (C=O) groups is 1. The Balaban J connectivity index is 2.25. The van der Waals surface area contributed by atoms with Crippen molar-refractivity contribution in [3.63, 3.8) is 0 Å². The maximum atomic E-state index is 12.1. The van der Waals surface area contributed by atoms with Crippen LogP contribution in [0.5, 0.6) is 0 Å². The number of nitrogens with one attached hydrogen (secondary N) is 1. The molecule has 0 aliphatic carbocycles. The number of aryl methyl sites for hydroxylation is 1. The van der Waals surface area contributed by atoms with Gasteiger partial charge in [0.1, 0.15) is 5.69 Å². The highest BCUT2D eigenvalue weighted by Crippen LogP contribution is 2.20. The van der Waals surface area contributed by atoms with E-state index in [-0.39, 0.29) is 11.1 Å². The monoisotopic (exact) mass is 327 g/mol. The lowest BCUT2D eigenvalue weighted by molar-refractivity contribution is 0.101. The molecule has 2 heterocycles. The predicted octanol–water partition coefficient (Wildman–Crippen LogP) is 3.57. The third kappa shape index (κ3) is 2.73. The molecule has 2 aromatic rings. The van der Waals surface area contributed by atoms with Crippen LogP contribution in [0.1, 0.15) is 17.4 Å². The highest BCUT2D eigenvalue weighted by atomic mass is 79.9. The maximum Gasteiger partial charge on any atom is 0.272 e. The van der Waals surface area contributed by atoms with Gasteiger partial charge < -0.3 is 9.88 Å². The minimum atomic E-state index is -0.211. The summed E-state index contributed by atoms with van der Waals surface area (Å²) in [7, 11) is 0. The van der Waals surface area contributed by atoms with E-state index in [0.29, 0.717) is 11.4 Å². The highest BCUT2D eigenvalue weighted by molar-refractivity contribution is 9.10. The van der Waals surface area contributed by atoms with Gasteiger partial charge in [0.2, 0.25) is 0 Å². The molecule has 0 aliphatic heterocycles. The van der Waals surface area contributed by atoms with E-state index in [2.05, 4.69) is 26.2 Å². The average Bonchev–Trinajstić information content (AvgIpc) is 2.73. The molecule has 2 aromatic heterocycles. The molecule has 0 radical (unpaired) electrons. The minimum absolute atomic E-state index is 0.211. The number of carbonyl (C=O) groups excluding carboxylic acids is 1. The van der Waals surface area contributed by atoms with Crippen LogP contribution >= 0.6 is 27.5 Å². The van der Waals surface area contributed by atoms with Gasteiger partial charge in [-0.1, -0.05) is 11.6 Å². The molecule has 0 unspecified atom stereocenters. The van der Waals surface area contributed by atoms with Gasteiger partial charge >= 0.3 is 0 Å². The van der Waals surface area contributed by atoms with Gasteiger partial charge in [-0.05, 0) is 41.1 Å². The highest BCUT2D eigenvalue weighted by Gasteiger charge is 2.13. The molecular formula is C12H11BrClN3O. The van der Waals surface area contributed by atoms with Crippen molar-refractivity contribution in [1.29, 1.82) is 0 Å². The molecule has 4 nitrogen and oxygen atoms in total. The summed E-state index contributed by atoms with van der Waals surface area (Å²) in [5, 5.41) is 3.02. The van der Waals surface area contributed by atoms with E-state index < -0.39 is 0 Å². The van der Waals surface area contributed by atoms with Gasteiger partial charge in [-0.3, -0.25) is 4.79 Å². The smallest absolute Gasteiger partial charge is 0.272 e. The Bertz CT molecular complexity index is 582. The van der Waals surface area contributed by atoms with Gasteiger partial charge in [0.05, 0.1) is 5.69 Å². The molecule has 1 N–H and O–H groups in total. The Hall–Kier alpha value is -1.33. The summed E-state index contributed by atoms with van der Waals surface area (Å²) in [6, 6.07) is 5.20. The minimum Gasteiger partial charge on any atom is -0.343 e. The average molecular weight is 329 g/mol. The Labute approximate surface area is 118 Å². The first-order valence-corrected chi connectivity index (χ1v) is 6.56. The van der Waals surface area contributed by atoms with E-state index in [4.69, 9.17) is 11.6 Å². The second-order valence-corrected chi connectivity index (χ2v) is 4.90. The number of halogens is 2. The molecule has 2 rings (SSSR count). The van der Waals surface area contributed by atoms with Crippen molar-refractivity contribution in [3.05, 3.63) is 45.9 Å². The van der Waals surface area contributed by atoms with E-state index >= 15 is 0 Å². The van der Waals surface area contributed by atoms with Crippen molar-refractivity contribution in [3.8, 4) is 0 Å². The molecular weight excluding hydrogens is 318 g/mol. The van der Waals surface area contributed by atoms with Gasteiger partial charge in [0, 0.05) is 23.4 Å². The van der Waals surface area contributed by atoms with E-state index in [9.17, 15) is 4.79 Å². The second-order valence-electron chi connectivity index (χ2n) is 3.63. The zero-order valence-electron chi connectivity index (χ0n) is 9.65. The molecule has 0 saturated carbocycles. The summed E-state index contributed by atoms with van der Waals surface area (Å²) >= 11 is 9.25. The molecule has 0 aromatic carbocycles. The summed E-state index contributed by atoms with van der Waals surface area (Å²) in [5.74, 6) is -0.211. The fourth-order valence-electron chi connectivity index (χ4n) is 1.59. The first-order chi connectivity index (χ1) is 8.61. The third-order valence-electron chi connectivity index (χ3n) is 2.44. The number of nitrogens with zero attached hydrogens (tertiary/aromatic N) is 2. The van der Waals surface area contributed by atoms with Crippen molar-refractivity contribution in [2.75, 3.05) is 5.32 Å². The van der Waals surface area contributed by atoms with E-state index in [1.54, 1.807) is 24.4 Å². The van der Waals surface area contributed by atoms with Crippen LogP contribution < -0.4 is 5.32 Å². The normalized spacial score (nSPS) is 10.4. The zero-order valence-corrected chi connectivity index (χ0v) is 12.0. The van der Waals surface area contributed by atoms with Crippen LogP contribution in [0.4, 0.5) is 5.69 Å². The van der Waals surface area contributed by atoms with Crippen LogP contribution in [0.15, 0.2) is 35.1 Å². The van der Waals surface area contributed by atoms with Crippen LogP contribution in [0, 0.1) is 0 Å². The number of anilines is 1. The van der Waals surface area contributed by atoms with Crippen molar-refractivity contribution in [2.24, 2.45) is 0 Å². The Morgan fingerprint density at radius 3 is 3.06 bits per heavy atom. The lowest BCUT2D eigenvalue weighted by Gasteiger charge is -2.08. The van der Waals surface area contributed by atoms with Gasteiger partial charge in [-0.25, -0.2) is 4.98 Å². The second kappa shape index (κ2) is 5.54. The molecule has 0 saturated heterocycles. The summed E-state index contributed by atoms with van der Waals surface area (Å²) in [5.41, 5.74) is 1.08. The Morgan fingerprint density at radius 1 is 1.61 bits per heavy atom. The molecule has 1 amide bonds. The van der Waals surface area contributed by atoms with Gasteiger partial charge in [-0.15, -0.1) is 0 Å². The van der Waals surface area contributed by atoms with Gasteiger partial charge in [0.25, 0.3) is 5.91 Å². The summed E-state index contributed by atoms with van der Waals surface area (Å²) in [6.45, 7) is 2.69. The number of hydrogen-bond acceptors (Lipinski definition) is 2. The predicted molar refractivity (Wildman–Crippen MR) is 75.0 cm³/mol. The van der Waals surface area contributed by atoms with Crippen molar-refractivity contribution in [1.82, 2.24) is 9.55 Å². The molecule has 0 spiro atoms. The first-order valence-electron chi connectivity index (χ1n) is 5.39. The summed E-state index contributed by atoms with van der Waals surface area (Å²) in [4.78, 5) is 16.0. The molecule has 0 bridgehead atoms. The number of rotatable bonds is 3. The number of amides is 1. The van der Waals surface area contributed by atoms with E-state index in [1.807, 2.05) is 17.7 Å². The molecule has 0 fully saturated rings. The summed E-state index contributed by atoms with van der Waals surface area (Å²) < 4.78 is 2.72. The molecule has 6 heteroatoms. The first kappa shape index (κ1) is 13.1. The molecule has 18 heavy (non-hydrogen) atoms. The molecule has 0 atom stereocenters. The van der Waals surface area contributed by atoms with Crippen LogP contribution in [0.2, 0.25) is 5.15 Å². The van der Waals surface area contributed by atoms with Crippen molar-refractivity contribution >= 4 is 39.1 Å². The summed E-state index contributed by atoms with van der Waals surface area (Å²) in [6.07, 6.45) is 3.43. The van der Waals surface area contributed by atoms with Crippen molar-refractivity contribution in [2.45, 2.75) is 13.5 Å². The lowest BCUT2D eigenvalue weighted by atomic mass is 10.3. The van der Waals surface area contributed by atoms with Crippen molar-refractivity contribution < 1.29 is 4.79 Å². The third-order valence-corrected chi connectivity index (χ3v) is 3.18. The van der Waals surface area contributed by atoms with Crippen LogP contribution in [0.25, 0.3) is 0 Å². The number of hydrogen-bond donors (Lipinski definition) is 1. The number of pyridine rings is 1. The molecule has 0 aliphatic rings. The van der Waals surface area contributed by atoms with E-state index in [1.165, 1.54) is 0 Å². The van der Waals surface area contributed by atoms with Gasteiger partial charge in [-0.2, -0.15) is 0 Å². The number of aromatic nitrogens is 2. The fourth-order valence-corrected chi connectivity index (χ4v) is 2.22. The topological polar surface area (TPSA) is 46.9 Å². The quantitative estimate of drug-likeness (QED) is 0.876. The SMILES string of the molecule is CCn1cc(Br)cc1C(=O)Nc1cccnc1Cl. The fraction of sp³-hybridized carbons (Fsp3) is 0.167. The lowest BCUT2D eigenvalue weighted by Crippen LogP contribution is -2.16. The van der Waals surface area contributed by atoms with E-state index in [0.717, 1.165) is 11.0 Å². The standard InChI is InChI=1S/C12H11BrClN3O/c1-2-17-7-8(13)6-10(17)12(18)16-9-4-3-5-15-11(9)14/h3-7H,2H2,1H3,(H,16,18). The Morgan fingerprint density at radius 2 is 2.39 bits per heavy atom. The van der Waals surface area contributed by atoms with Gasteiger partial charge in [0.15, 0.2) is 5.15 Å². The largest absolute Gasteiger partial charge is 0.343 e. The molecule has 94 valence electrons. The zero-order chi connectivity index (χ0) is 13.1. The Kier molecular flexibility index (Phi) is 4.04. The van der Waals surface area contributed by atoms with Crippen LogP contribution in [-0.2, 0) is 6.54 Å².